The second-order valence-electron chi connectivity index (χ2n) is 14.5. The van der Waals surface area contributed by atoms with Crippen LogP contribution in [0.2, 0.25) is 0 Å². The molecule has 56 heavy (non-hydrogen) atoms. The van der Waals surface area contributed by atoms with Gasteiger partial charge in [-0.15, -0.1) is 0 Å². The van der Waals surface area contributed by atoms with Gasteiger partial charge in [0.25, 0.3) is 0 Å². The van der Waals surface area contributed by atoms with Crippen molar-refractivity contribution in [2.45, 2.75) is 6.17 Å². The Morgan fingerprint density at radius 3 is 1.68 bits per heavy atom. The van der Waals surface area contributed by atoms with Crippen LogP contribution in [-0.2, 0) is 0 Å². The number of rotatable bonds is 5. The molecule has 1 unspecified atom stereocenters. The molecule has 0 amide bonds. The lowest BCUT2D eigenvalue weighted by Crippen LogP contribution is -2.33. The van der Waals surface area contributed by atoms with Crippen LogP contribution in [0, 0.1) is 0 Å². The number of nitrogens with zero attached hydrogens (tertiary/aromatic N) is 2. The van der Waals surface area contributed by atoms with Crippen molar-refractivity contribution in [3.8, 4) is 22.3 Å². The second-order valence-corrected chi connectivity index (χ2v) is 14.5. The van der Waals surface area contributed by atoms with Crippen LogP contribution in [0.4, 0.5) is 0 Å². The van der Waals surface area contributed by atoms with Gasteiger partial charge in [0.05, 0.1) is 0 Å². The molecule has 0 saturated heterocycles. The normalized spacial score (nSPS) is 14.2. The monoisotopic (exact) mass is 713 g/mol. The van der Waals surface area contributed by atoms with Gasteiger partial charge in [-0.3, -0.25) is 0 Å². The fraction of sp³-hybridized carbons (Fsp3) is 0.0189. The summed E-state index contributed by atoms with van der Waals surface area (Å²) in [6.45, 7) is 0. The SMILES string of the molecule is c1ccc(C2=NC(c3ccc(-c4c5ccccc5cc5c4ccc4ccccc45)c4ccccc34)=NC(c3cc(-c4ccccc4)cc4ccccc34)N2)cc1. The molecule has 1 heterocycles. The summed E-state index contributed by atoms with van der Waals surface area (Å²) in [5, 5.41) is 15.9. The van der Waals surface area contributed by atoms with E-state index in [2.05, 4.69) is 199 Å². The zero-order valence-electron chi connectivity index (χ0n) is 30.5. The molecule has 0 bridgehead atoms. The molecular formula is C53H35N3. The van der Waals surface area contributed by atoms with Gasteiger partial charge in [0.2, 0.25) is 0 Å². The zero-order valence-corrected chi connectivity index (χ0v) is 30.5. The third-order valence-electron chi connectivity index (χ3n) is 11.3. The van der Waals surface area contributed by atoms with E-state index >= 15 is 0 Å². The van der Waals surface area contributed by atoms with Gasteiger partial charge in [-0.25, -0.2) is 9.98 Å². The lowest BCUT2D eigenvalue weighted by Gasteiger charge is -2.26. The van der Waals surface area contributed by atoms with Gasteiger partial charge in [-0.2, -0.15) is 0 Å². The van der Waals surface area contributed by atoms with Gasteiger partial charge in [0.15, 0.2) is 5.84 Å². The Bertz CT molecular complexity index is 3220. The molecule has 10 aromatic carbocycles. The largest absolute Gasteiger partial charge is 0.344 e. The van der Waals surface area contributed by atoms with Crippen molar-refractivity contribution >= 4 is 65.5 Å². The Morgan fingerprint density at radius 2 is 0.929 bits per heavy atom. The highest BCUT2D eigenvalue weighted by Gasteiger charge is 2.25. The Morgan fingerprint density at radius 1 is 0.357 bits per heavy atom. The Kier molecular flexibility index (Phi) is 7.56. The molecule has 0 aromatic heterocycles. The van der Waals surface area contributed by atoms with Crippen molar-refractivity contribution in [2.75, 3.05) is 0 Å². The predicted molar refractivity (Wildman–Crippen MR) is 237 cm³/mol. The first-order chi connectivity index (χ1) is 27.8. The minimum atomic E-state index is -0.375. The molecule has 10 aromatic rings. The van der Waals surface area contributed by atoms with Crippen molar-refractivity contribution in [3.63, 3.8) is 0 Å². The summed E-state index contributed by atoms with van der Waals surface area (Å²) in [7, 11) is 0. The van der Waals surface area contributed by atoms with Crippen molar-refractivity contribution in [1.29, 1.82) is 0 Å². The first kappa shape index (κ1) is 32.1. The molecule has 1 N–H and O–H groups in total. The summed E-state index contributed by atoms with van der Waals surface area (Å²) in [5.41, 5.74) is 7.90. The van der Waals surface area contributed by atoms with E-state index in [4.69, 9.17) is 9.98 Å². The summed E-state index contributed by atoms with van der Waals surface area (Å²) in [5.74, 6) is 1.51. The molecule has 0 radical (unpaired) electrons. The highest BCUT2D eigenvalue weighted by Crippen LogP contribution is 2.43. The van der Waals surface area contributed by atoms with Crippen molar-refractivity contribution in [1.82, 2.24) is 5.32 Å². The van der Waals surface area contributed by atoms with Crippen LogP contribution in [0.5, 0.6) is 0 Å². The van der Waals surface area contributed by atoms with E-state index in [0.29, 0.717) is 5.84 Å². The molecule has 11 rings (SSSR count). The maximum Gasteiger partial charge on any atom is 0.160 e. The van der Waals surface area contributed by atoms with Crippen LogP contribution in [0.1, 0.15) is 22.9 Å². The quantitative estimate of drug-likeness (QED) is 0.140. The van der Waals surface area contributed by atoms with E-state index in [1.807, 2.05) is 6.07 Å². The van der Waals surface area contributed by atoms with E-state index in [1.54, 1.807) is 0 Å². The van der Waals surface area contributed by atoms with Crippen LogP contribution >= 0.6 is 0 Å². The first-order valence-corrected chi connectivity index (χ1v) is 19.2. The molecule has 0 fully saturated rings. The van der Waals surface area contributed by atoms with Crippen molar-refractivity contribution < 1.29 is 0 Å². The van der Waals surface area contributed by atoms with E-state index < -0.39 is 0 Å². The molecule has 1 aliphatic rings. The predicted octanol–water partition coefficient (Wildman–Crippen LogP) is 13.3. The minimum absolute atomic E-state index is 0.375. The van der Waals surface area contributed by atoms with Crippen LogP contribution in [-0.4, -0.2) is 11.7 Å². The van der Waals surface area contributed by atoms with Gasteiger partial charge in [-0.05, 0) is 100 Å². The van der Waals surface area contributed by atoms with Gasteiger partial charge >= 0.3 is 0 Å². The Balaban J connectivity index is 1.15. The third-order valence-corrected chi connectivity index (χ3v) is 11.3. The number of hydrogen-bond donors (Lipinski definition) is 1. The van der Waals surface area contributed by atoms with Gasteiger partial charge in [-0.1, -0.05) is 176 Å². The van der Waals surface area contributed by atoms with E-state index in [0.717, 1.165) is 38.9 Å². The number of nitrogens with one attached hydrogen (secondary N) is 1. The zero-order chi connectivity index (χ0) is 37.0. The van der Waals surface area contributed by atoms with Crippen LogP contribution in [0.25, 0.3) is 76.1 Å². The molecule has 3 heteroatoms. The summed E-state index contributed by atoms with van der Waals surface area (Å²) in [6, 6.07) is 71.8. The average molecular weight is 714 g/mol. The maximum absolute atomic E-state index is 5.49. The summed E-state index contributed by atoms with van der Waals surface area (Å²) < 4.78 is 0. The van der Waals surface area contributed by atoms with Crippen molar-refractivity contribution in [3.05, 3.63) is 217 Å². The van der Waals surface area contributed by atoms with E-state index in [1.165, 1.54) is 59.8 Å². The molecule has 1 atom stereocenters. The lowest BCUT2D eigenvalue weighted by molar-refractivity contribution is 0.680. The molecule has 0 aliphatic carbocycles. The van der Waals surface area contributed by atoms with Crippen molar-refractivity contribution in [2.24, 2.45) is 9.98 Å². The average Bonchev–Trinajstić information content (AvgIpc) is 3.28. The minimum Gasteiger partial charge on any atom is -0.344 e. The van der Waals surface area contributed by atoms with Crippen LogP contribution < -0.4 is 5.32 Å². The molecule has 262 valence electrons. The van der Waals surface area contributed by atoms with E-state index in [9.17, 15) is 0 Å². The molecule has 0 saturated carbocycles. The lowest BCUT2D eigenvalue weighted by atomic mass is 9.87. The summed E-state index contributed by atoms with van der Waals surface area (Å²) >= 11 is 0. The van der Waals surface area contributed by atoms with Crippen LogP contribution in [0.15, 0.2) is 210 Å². The van der Waals surface area contributed by atoms with Gasteiger partial charge < -0.3 is 5.32 Å². The summed E-state index contributed by atoms with van der Waals surface area (Å²) in [4.78, 5) is 10.8. The molecule has 3 nitrogen and oxygen atoms in total. The van der Waals surface area contributed by atoms with E-state index in [-0.39, 0.29) is 6.17 Å². The Labute approximate surface area is 324 Å². The highest BCUT2D eigenvalue weighted by molar-refractivity contribution is 6.24. The summed E-state index contributed by atoms with van der Waals surface area (Å²) in [6.07, 6.45) is -0.375. The standard InChI is InChI=1S/C53H35N3/c1-3-15-34(16-4-1)39-31-37-20-8-11-23-41(37)49(33-39)53-55-51(36-18-5-2-6-19-36)54-52(56-53)47-30-29-45(43-25-13-14-26-44(43)47)50-42-24-12-9-21-38(42)32-48-40-22-10-7-17-35(40)27-28-46(48)50/h1-33,53H,(H,54,55,56). The maximum atomic E-state index is 5.49. The number of amidine groups is 2. The number of aliphatic imine (C=N–C) groups is 2. The smallest absolute Gasteiger partial charge is 0.160 e. The number of benzene rings is 10. The van der Waals surface area contributed by atoms with Gasteiger partial charge in [0, 0.05) is 16.7 Å². The number of fused-ring (bicyclic) bond motifs is 6. The topological polar surface area (TPSA) is 36.8 Å². The third kappa shape index (κ3) is 5.36. The number of hydrogen-bond acceptors (Lipinski definition) is 3. The first-order valence-electron chi connectivity index (χ1n) is 19.2. The molecule has 1 aliphatic heterocycles. The fourth-order valence-electron chi connectivity index (χ4n) is 8.66. The highest BCUT2D eigenvalue weighted by atomic mass is 15.2. The second kappa shape index (κ2) is 13.2. The molecule has 0 spiro atoms. The Hall–Kier alpha value is -7.36. The fourth-order valence-corrected chi connectivity index (χ4v) is 8.66. The van der Waals surface area contributed by atoms with Gasteiger partial charge in [0.1, 0.15) is 12.0 Å². The molecular weight excluding hydrogens is 679 g/mol. The van der Waals surface area contributed by atoms with Crippen LogP contribution in [0.3, 0.4) is 0 Å².